The highest BCUT2D eigenvalue weighted by molar-refractivity contribution is 7.90. The second-order valence-electron chi connectivity index (χ2n) is 3.50. The van der Waals surface area contributed by atoms with E-state index in [0.717, 1.165) is 32.8 Å². The highest BCUT2D eigenvalue weighted by Gasteiger charge is 2.17. The lowest BCUT2D eigenvalue weighted by atomic mass is 10.4. The number of sulfonamides is 1. The Kier molecular flexibility index (Phi) is 5.28. The SMILES string of the molecule is CN(CCN1CCOCC1)S(=O)(=O)CCl. The van der Waals surface area contributed by atoms with E-state index >= 15 is 0 Å². The number of halogens is 1. The van der Waals surface area contributed by atoms with Crippen LogP contribution in [-0.4, -0.2) is 69.3 Å². The monoisotopic (exact) mass is 256 g/mol. The fourth-order valence-corrected chi connectivity index (χ4v) is 2.36. The molecule has 0 bridgehead atoms. The van der Waals surface area contributed by atoms with Gasteiger partial charge in [-0.2, -0.15) is 0 Å². The molecular weight excluding hydrogens is 240 g/mol. The molecule has 0 N–H and O–H groups in total. The summed E-state index contributed by atoms with van der Waals surface area (Å²) in [6.07, 6.45) is 0. The highest BCUT2D eigenvalue weighted by Crippen LogP contribution is 2.02. The topological polar surface area (TPSA) is 49.9 Å². The first-order chi connectivity index (χ1) is 7.06. The van der Waals surface area contributed by atoms with Crippen LogP contribution in [0.5, 0.6) is 0 Å². The van der Waals surface area contributed by atoms with E-state index in [2.05, 4.69) is 4.90 Å². The molecule has 1 aliphatic heterocycles. The zero-order chi connectivity index (χ0) is 11.3. The summed E-state index contributed by atoms with van der Waals surface area (Å²) in [5.41, 5.74) is 0. The maximum absolute atomic E-state index is 11.3. The van der Waals surface area contributed by atoms with Gasteiger partial charge in [0.15, 0.2) is 0 Å². The summed E-state index contributed by atoms with van der Waals surface area (Å²) in [4.78, 5) is 2.18. The van der Waals surface area contributed by atoms with E-state index in [4.69, 9.17) is 16.3 Å². The number of hydrogen-bond donors (Lipinski definition) is 0. The van der Waals surface area contributed by atoms with Crippen LogP contribution in [0.4, 0.5) is 0 Å². The molecule has 0 unspecified atom stereocenters. The third-order valence-electron chi connectivity index (χ3n) is 2.45. The number of rotatable bonds is 5. The van der Waals surface area contributed by atoms with Crippen LogP contribution in [0.3, 0.4) is 0 Å². The Morgan fingerprint density at radius 2 is 2.00 bits per heavy atom. The molecule has 1 heterocycles. The van der Waals surface area contributed by atoms with Crippen LogP contribution in [0.25, 0.3) is 0 Å². The predicted octanol–water partition coefficient (Wildman–Crippen LogP) is -0.223. The number of nitrogens with zero attached hydrogens (tertiary/aromatic N) is 2. The van der Waals surface area contributed by atoms with Crippen molar-refractivity contribution >= 4 is 21.6 Å². The molecule has 0 amide bonds. The molecule has 0 atom stereocenters. The van der Waals surface area contributed by atoms with Gasteiger partial charge in [0, 0.05) is 33.2 Å². The third-order valence-corrected chi connectivity index (χ3v) is 4.68. The van der Waals surface area contributed by atoms with E-state index in [1.165, 1.54) is 4.31 Å². The van der Waals surface area contributed by atoms with Crippen LogP contribution in [0.1, 0.15) is 0 Å². The summed E-state index contributed by atoms with van der Waals surface area (Å²) in [5.74, 6) is 0. The van der Waals surface area contributed by atoms with Gasteiger partial charge in [-0.05, 0) is 0 Å². The smallest absolute Gasteiger partial charge is 0.227 e. The summed E-state index contributed by atoms with van der Waals surface area (Å²) < 4.78 is 29.1. The van der Waals surface area contributed by atoms with Crippen LogP contribution >= 0.6 is 11.6 Å². The highest BCUT2D eigenvalue weighted by atomic mass is 35.5. The van der Waals surface area contributed by atoms with Gasteiger partial charge in [0.25, 0.3) is 0 Å². The molecule has 90 valence electrons. The van der Waals surface area contributed by atoms with Gasteiger partial charge < -0.3 is 4.74 Å². The fraction of sp³-hybridized carbons (Fsp3) is 1.00. The van der Waals surface area contributed by atoms with Crippen molar-refractivity contribution in [1.29, 1.82) is 0 Å². The van der Waals surface area contributed by atoms with Gasteiger partial charge in [0.2, 0.25) is 10.0 Å². The van der Waals surface area contributed by atoms with Crippen LogP contribution in [-0.2, 0) is 14.8 Å². The molecule has 1 aliphatic rings. The van der Waals surface area contributed by atoms with E-state index in [0.29, 0.717) is 6.54 Å². The Morgan fingerprint density at radius 1 is 1.40 bits per heavy atom. The second kappa shape index (κ2) is 6.00. The zero-order valence-electron chi connectivity index (χ0n) is 8.86. The quantitative estimate of drug-likeness (QED) is 0.638. The van der Waals surface area contributed by atoms with Gasteiger partial charge in [-0.1, -0.05) is 0 Å². The summed E-state index contributed by atoms with van der Waals surface area (Å²) >= 11 is 5.35. The Balaban J connectivity index is 2.30. The standard InChI is InChI=1S/C8H17ClN2O3S/c1-10(15(12,13)8-9)2-3-11-4-6-14-7-5-11/h2-8H2,1H3. The van der Waals surface area contributed by atoms with Crippen molar-refractivity contribution in [1.82, 2.24) is 9.21 Å². The van der Waals surface area contributed by atoms with E-state index in [1.54, 1.807) is 7.05 Å². The van der Waals surface area contributed by atoms with Crippen molar-refractivity contribution in [2.45, 2.75) is 0 Å². The fourth-order valence-electron chi connectivity index (χ4n) is 1.33. The minimum absolute atomic E-state index is 0.355. The third kappa shape index (κ3) is 4.24. The molecule has 0 aromatic rings. The lowest BCUT2D eigenvalue weighted by Gasteiger charge is -2.28. The lowest BCUT2D eigenvalue weighted by Crippen LogP contribution is -2.42. The minimum atomic E-state index is -3.26. The first-order valence-corrected chi connectivity index (χ1v) is 7.01. The average molecular weight is 257 g/mol. The largest absolute Gasteiger partial charge is 0.379 e. The Hall–Kier alpha value is 0.120. The van der Waals surface area contributed by atoms with Crippen molar-refractivity contribution in [3.05, 3.63) is 0 Å². The van der Waals surface area contributed by atoms with Crippen LogP contribution in [0.15, 0.2) is 0 Å². The number of hydrogen-bond acceptors (Lipinski definition) is 4. The van der Waals surface area contributed by atoms with Crippen LogP contribution in [0.2, 0.25) is 0 Å². The molecule has 0 aliphatic carbocycles. The molecule has 15 heavy (non-hydrogen) atoms. The first kappa shape index (κ1) is 13.2. The predicted molar refractivity (Wildman–Crippen MR) is 59.5 cm³/mol. The maximum Gasteiger partial charge on any atom is 0.227 e. The Bertz CT molecular complexity index is 278. The maximum atomic E-state index is 11.3. The number of likely N-dealkylation sites (N-methyl/N-ethyl adjacent to an activating group) is 1. The first-order valence-electron chi connectivity index (χ1n) is 4.86. The summed E-state index contributed by atoms with van der Waals surface area (Å²) in [6, 6.07) is 0. The molecule has 0 radical (unpaired) electrons. The lowest BCUT2D eigenvalue weighted by molar-refractivity contribution is 0.0368. The van der Waals surface area contributed by atoms with E-state index in [1.807, 2.05) is 0 Å². The number of ether oxygens (including phenoxy) is 1. The molecular formula is C8H17ClN2O3S. The van der Waals surface area contributed by atoms with Gasteiger partial charge in [0.1, 0.15) is 5.21 Å². The molecule has 1 saturated heterocycles. The van der Waals surface area contributed by atoms with Gasteiger partial charge >= 0.3 is 0 Å². The Labute approximate surface area is 96.0 Å². The molecule has 7 heteroatoms. The van der Waals surface area contributed by atoms with Crippen molar-refractivity contribution < 1.29 is 13.2 Å². The van der Waals surface area contributed by atoms with Gasteiger partial charge in [-0.3, -0.25) is 4.90 Å². The Morgan fingerprint density at radius 3 is 2.53 bits per heavy atom. The molecule has 0 saturated carbocycles. The van der Waals surface area contributed by atoms with Crippen LogP contribution < -0.4 is 0 Å². The average Bonchev–Trinajstić information content (AvgIpc) is 2.27. The van der Waals surface area contributed by atoms with Gasteiger partial charge in [-0.25, -0.2) is 12.7 Å². The van der Waals surface area contributed by atoms with Crippen LogP contribution in [0, 0.1) is 0 Å². The van der Waals surface area contributed by atoms with E-state index in [9.17, 15) is 8.42 Å². The molecule has 0 spiro atoms. The van der Waals surface area contributed by atoms with E-state index in [-0.39, 0.29) is 5.21 Å². The van der Waals surface area contributed by atoms with Gasteiger partial charge in [0.05, 0.1) is 13.2 Å². The second-order valence-corrected chi connectivity index (χ2v) is 6.16. The molecule has 1 fully saturated rings. The van der Waals surface area contributed by atoms with Crippen molar-refractivity contribution in [2.24, 2.45) is 0 Å². The van der Waals surface area contributed by atoms with E-state index < -0.39 is 10.0 Å². The van der Waals surface area contributed by atoms with Crippen molar-refractivity contribution in [3.63, 3.8) is 0 Å². The minimum Gasteiger partial charge on any atom is -0.379 e. The molecule has 0 aromatic carbocycles. The van der Waals surface area contributed by atoms with Crippen molar-refractivity contribution in [2.75, 3.05) is 51.7 Å². The number of alkyl halides is 1. The number of morpholine rings is 1. The summed E-state index contributed by atoms with van der Waals surface area (Å²) in [6.45, 7) is 4.41. The molecule has 0 aromatic heterocycles. The molecule has 1 rings (SSSR count). The van der Waals surface area contributed by atoms with Gasteiger partial charge in [-0.15, -0.1) is 11.6 Å². The van der Waals surface area contributed by atoms with Crippen molar-refractivity contribution in [3.8, 4) is 0 Å². The summed E-state index contributed by atoms with van der Waals surface area (Å²) in [5, 5.41) is -0.355. The zero-order valence-corrected chi connectivity index (χ0v) is 10.4. The molecule has 5 nitrogen and oxygen atoms in total. The normalized spacial score (nSPS) is 19.7. The summed E-state index contributed by atoms with van der Waals surface area (Å²) in [7, 11) is -1.70.